The molecule has 3 rings (SSSR count). The van der Waals surface area contributed by atoms with Crippen molar-refractivity contribution >= 4 is 5.91 Å². The average molecular weight is 402 g/mol. The predicted octanol–water partition coefficient (Wildman–Crippen LogP) is 2.65. The van der Waals surface area contributed by atoms with Crippen molar-refractivity contribution < 1.29 is 19.4 Å². The molecule has 1 amide bonds. The molecule has 0 saturated carbocycles. The van der Waals surface area contributed by atoms with Gasteiger partial charge >= 0.3 is 0 Å². The van der Waals surface area contributed by atoms with Crippen molar-refractivity contribution in [2.45, 2.75) is 70.3 Å². The average Bonchev–Trinajstić information content (AvgIpc) is 3.20. The molecule has 8 heteroatoms. The number of carbonyl (C=O) groups is 1. The van der Waals surface area contributed by atoms with Crippen molar-refractivity contribution in [1.29, 1.82) is 0 Å². The van der Waals surface area contributed by atoms with Crippen LogP contribution in [-0.4, -0.2) is 45.0 Å². The van der Waals surface area contributed by atoms with Crippen LogP contribution in [0.4, 0.5) is 0 Å². The molecule has 158 valence electrons. The van der Waals surface area contributed by atoms with E-state index < -0.39 is 0 Å². The second-order valence-corrected chi connectivity index (χ2v) is 7.44. The highest BCUT2D eigenvalue weighted by molar-refractivity contribution is 5.73. The highest BCUT2D eigenvalue weighted by Crippen LogP contribution is 2.25. The van der Waals surface area contributed by atoms with Gasteiger partial charge in [-0.1, -0.05) is 18.1 Å². The first-order valence-electron chi connectivity index (χ1n) is 10.4. The molecule has 1 aliphatic heterocycles. The number of hydrogen-bond donors (Lipinski definition) is 2. The zero-order valence-corrected chi connectivity index (χ0v) is 16.7. The van der Waals surface area contributed by atoms with Gasteiger partial charge in [0.2, 0.25) is 5.91 Å². The highest BCUT2D eigenvalue weighted by Gasteiger charge is 2.23. The number of benzene rings is 1. The molecule has 1 aromatic carbocycles. The molecule has 1 aromatic heterocycles. The number of hydrogen-bond acceptors (Lipinski definition) is 6. The van der Waals surface area contributed by atoms with Crippen LogP contribution in [0.1, 0.15) is 51.4 Å². The quantitative estimate of drug-likeness (QED) is 0.559. The van der Waals surface area contributed by atoms with Crippen LogP contribution in [-0.2, 0) is 16.1 Å². The van der Waals surface area contributed by atoms with Gasteiger partial charge in [0.25, 0.3) is 0 Å². The van der Waals surface area contributed by atoms with Crippen molar-refractivity contribution in [2.75, 3.05) is 6.61 Å². The first kappa shape index (κ1) is 21.3. The number of nitrogens with zero attached hydrogens (tertiary/aromatic N) is 3. The third kappa shape index (κ3) is 6.83. The molecule has 1 fully saturated rings. The predicted molar refractivity (Wildman–Crippen MR) is 108 cm³/mol. The Morgan fingerprint density at radius 1 is 1.21 bits per heavy atom. The van der Waals surface area contributed by atoms with E-state index in [1.54, 1.807) is 0 Å². The van der Waals surface area contributed by atoms with E-state index in [-0.39, 0.29) is 24.9 Å². The van der Waals surface area contributed by atoms with E-state index in [1.165, 1.54) is 0 Å². The number of amides is 1. The number of primary amides is 1. The molecule has 2 atom stereocenters. The Bertz CT molecular complexity index is 762. The fourth-order valence-electron chi connectivity index (χ4n) is 3.41. The second kappa shape index (κ2) is 10.9. The van der Waals surface area contributed by atoms with Crippen LogP contribution in [0.2, 0.25) is 0 Å². The molecule has 2 aromatic rings. The zero-order chi connectivity index (χ0) is 20.5. The summed E-state index contributed by atoms with van der Waals surface area (Å²) in [6, 6.07) is 7.72. The van der Waals surface area contributed by atoms with E-state index in [0.29, 0.717) is 6.42 Å². The Balaban J connectivity index is 1.44. The van der Waals surface area contributed by atoms with Crippen molar-refractivity contribution in [3.05, 3.63) is 30.5 Å². The zero-order valence-electron chi connectivity index (χ0n) is 16.7. The van der Waals surface area contributed by atoms with Crippen molar-refractivity contribution in [1.82, 2.24) is 15.0 Å². The molecule has 0 spiro atoms. The van der Waals surface area contributed by atoms with Gasteiger partial charge in [-0.2, -0.15) is 0 Å². The minimum absolute atomic E-state index is 0.0296. The van der Waals surface area contributed by atoms with Gasteiger partial charge in [0.1, 0.15) is 11.4 Å². The third-order valence-corrected chi connectivity index (χ3v) is 5.03. The summed E-state index contributed by atoms with van der Waals surface area (Å²) in [4.78, 5) is 10.7. The van der Waals surface area contributed by atoms with E-state index in [4.69, 9.17) is 15.2 Å². The Morgan fingerprint density at radius 2 is 2.00 bits per heavy atom. The number of aliphatic hydroxyl groups excluding tert-OH is 1. The number of rotatable bonds is 11. The Kier molecular flexibility index (Phi) is 8.01. The molecule has 0 bridgehead atoms. The van der Waals surface area contributed by atoms with Crippen LogP contribution >= 0.6 is 0 Å². The minimum Gasteiger partial charge on any atom is -0.465 e. The highest BCUT2D eigenvalue weighted by atomic mass is 16.7. The lowest BCUT2D eigenvalue weighted by Crippen LogP contribution is -2.33. The molecule has 1 unspecified atom stereocenters. The minimum atomic E-state index is -0.310. The Hall–Kier alpha value is -2.45. The summed E-state index contributed by atoms with van der Waals surface area (Å²) in [7, 11) is 0. The Morgan fingerprint density at radius 3 is 2.76 bits per heavy atom. The largest absolute Gasteiger partial charge is 0.465 e. The van der Waals surface area contributed by atoms with Gasteiger partial charge in [0, 0.05) is 24.9 Å². The van der Waals surface area contributed by atoms with E-state index in [0.717, 1.165) is 68.5 Å². The fourth-order valence-corrected chi connectivity index (χ4v) is 3.41. The van der Waals surface area contributed by atoms with Gasteiger partial charge in [-0.05, 0) is 49.9 Å². The topological polar surface area (TPSA) is 112 Å². The van der Waals surface area contributed by atoms with Gasteiger partial charge in [0.05, 0.1) is 18.9 Å². The van der Waals surface area contributed by atoms with Gasteiger partial charge < -0.3 is 20.3 Å². The second-order valence-electron chi connectivity index (χ2n) is 7.44. The van der Waals surface area contributed by atoms with E-state index in [2.05, 4.69) is 10.3 Å². The smallest absolute Gasteiger partial charge is 0.217 e. The monoisotopic (exact) mass is 402 g/mol. The number of unbranched alkanes of at least 4 members (excludes halogenated alkanes) is 3. The number of ether oxygens (including phenoxy) is 2. The van der Waals surface area contributed by atoms with Crippen molar-refractivity contribution in [3.8, 4) is 17.0 Å². The SMILES string of the molecule is NC(=O)CCCCCCn1cc(-c2ccc(O[C@@H]3CCCC(CO)O3)cc2)nn1. The summed E-state index contributed by atoms with van der Waals surface area (Å²) in [5, 5.41) is 17.7. The molecule has 0 aliphatic carbocycles. The number of carbonyl (C=O) groups excluding carboxylic acids is 1. The van der Waals surface area contributed by atoms with Gasteiger partial charge in [-0.25, -0.2) is 0 Å². The lowest BCUT2D eigenvalue weighted by Gasteiger charge is -2.29. The van der Waals surface area contributed by atoms with Crippen LogP contribution < -0.4 is 10.5 Å². The van der Waals surface area contributed by atoms with E-state index >= 15 is 0 Å². The van der Waals surface area contributed by atoms with E-state index in [1.807, 2.05) is 35.1 Å². The molecule has 1 saturated heterocycles. The Labute approximate surface area is 171 Å². The summed E-state index contributed by atoms with van der Waals surface area (Å²) in [5.41, 5.74) is 6.93. The summed E-state index contributed by atoms with van der Waals surface area (Å²) in [6.07, 6.45) is 8.52. The normalized spacial score (nSPS) is 19.2. The van der Waals surface area contributed by atoms with Crippen LogP contribution in [0.3, 0.4) is 0 Å². The maximum Gasteiger partial charge on any atom is 0.217 e. The fraction of sp³-hybridized carbons (Fsp3) is 0.571. The number of aryl methyl sites for hydroxylation is 1. The molecule has 0 radical (unpaired) electrons. The maximum atomic E-state index is 10.7. The van der Waals surface area contributed by atoms with Crippen LogP contribution in [0.25, 0.3) is 11.3 Å². The van der Waals surface area contributed by atoms with Crippen molar-refractivity contribution in [3.63, 3.8) is 0 Å². The molecule has 2 heterocycles. The molecule has 3 N–H and O–H groups in total. The summed E-state index contributed by atoms with van der Waals surface area (Å²) >= 11 is 0. The molecular weight excluding hydrogens is 372 g/mol. The van der Waals surface area contributed by atoms with Gasteiger partial charge in [0.15, 0.2) is 6.29 Å². The third-order valence-electron chi connectivity index (χ3n) is 5.03. The maximum absolute atomic E-state index is 10.7. The standard InChI is InChI=1S/C21H30N4O4/c22-20(27)7-3-1-2-4-13-25-14-19(23-24-25)16-9-11-17(12-10-16)28-21-8-5-6-18(15-26)29-21/h9-12,14,18,21,26H,1-8,13,15H2,(H2,22,27)/t18?,21-/m0/s1. The molecule has 8 nitrogen and oxygen atoms in total. The van der Waals surface area contributed by atoms with Crippen LogP contribution in [0, 0.1) is 0 Å². The lowest BCUT2D eigenvalue weighted by atomic mass is 10.1. The van der Waals surface area contributed by atoms with Crippen LogP contribution in [0.5, 0.6) is 5.75 Å². The number of aliphatic hydroxyl groups is 1. The summed E-state index contributed by atoms with van der Waals surface area (Å²) in [5.74, 6) is 0.503. The summed E-state index contributed by atoms with van der Waals surface area (Å²) in [6.45, 7) is 0.831. The first-order valence-corrected chi connectivity index (χ1v) is 10.4. The molecular formula is C21H30N4O4. The van der Waals surface area contributed by atoms with Crippen molar-refractivity contribution in [2.24, 2.45) is 5.73 Å². The number of nitrogens with two attached hydrogens (primary N) is 1. The van der Waals surface area contributed by atoms with Gasteiger partial charge in [-0.3, -0.25) is 9.48 Å². The molecule has 29 heavy (non-hydrogen) atoms. The van der Waals surface area contributed by atoms with E-state index in [9.17, 15) is 9.90 Å². The lowest BCUT2D eigenvalue weighted by molar-refractivity contribution is -0.158. The molecule has 1 aliphatic rings. The van der Waals surface area contributed by atoms with Crippen LogP contribution in [0.15, 0.2) is 30.5 Å². The number of aromatic nitrogens is 3. The summed E-state index contributed by atoms with van der Waals surface area (Å²) < 4.78 is 13.4. The first-order chi connectivity index (χ1) is 14.1. The van der Waals surface area contributed by atoms with Gasteiger partial charge in [-0.15, -0.1) is 5.10 Å².